The summed E-state index contributed by atoms with van der Waals surface area (Å²) in [6.45, 7) is 1.80. The average molecular weight is 198 g/mol. The molecule has 1 saturated carbocycles. The normalized spacial score (nSPS) is 28.9. The van der Waals surface area contributed by atoms with Crippen molar-refractivity contribution in [1.82, 2.24) is 4.98 Å². The summed E-state index contributed by atoms with van der Waals surface area (Å²) in [6, 6.07) is 3.43. The molecule has 2 N–H and O–H groups in total. The van der Waals surface area contributed by atoms with Crippen molar-refractivity contribution in [2.75, 3.05) is 6.54 Å². The summed E-state index contributed by atoms with van der Waals surface area (Å²) in [4.78, 5) is 4.01. The van der Waals surface area contributed by atoms with Crippen LogP contribution in [0.3, 0.4) is 0 Å². The molecule has 4 heteroatoms. The van der Waals surface area contributed by atoms with E-state index in [1.54, 1.807) is 12.1 Å². The zero-order valence-corrected chi connectivity index (χ0v) is 7.93. The largest absolute Gasteiger partial charge is 0.329 e. The molecule has 1 aliphatic rings. The minimum absolute atomic E-state index is 0.0231. The van der Waals surface area contributed by atoms with Crippen LogP contribution in [-0.2, 0) is 5.41 Å². The highest BCUT2D eigenvalue weighted by molar-refractivity contribution is 5.37. The average Bonchev–Trinajstić information content (AvgIpc) is 2.71. The predicted octanol–water partition coefficient (Wildman–Crippen LogP) is 1.63. The number of aromatic nitrogens is 1. The maximum atomic E-state index is 13.1. The van der Waals surface area contributed by atoms with Crippen molar-refractivity contribution in [3.63, 3.8) is 0 Å². The molecule has 0 aliphatic heterocycles. The molecule has 2 rings (SSSR count). The highest BCUT2D eigenvalue weighted by Crippen LogP contribution is 2.60. The van der Waals surface area contributed by atoms with Crippen molar-refractivity contribution >= 4 is 0 Å². The van der Waals surface area contributed by atoms with Gasteiger partial charge in [-0.1, -0.05) is 6.07 Å². The molecular weight excluding hydrogens is 186 g/mol. The molecule has 0 radical (unpaired) electrons. The molecule has 0 bridgehead atoms. The number of hydrogen-bond acceptors (Lipinski definition) is 2. The van der Waals surface area contributed by atoms with Gasteiger partial charge in [0.05, 0.1) is 5.41 Å². The van der Waals surface area contributed by atoms with E-state index in [4.69, 9.17) is 5.73 Å². The van der Waals surface area contributed by atoms with Crippen LogP contribution in [0.5, 0.6) is 0 Å². The van der Waals surface area contributed by atoms with Gasteiger partial charge in [0.1, 0.15) is 0 Å². The number of pyridine rings is 1. The molecule has 0 spiro atoms. The zero-order chi connectivity index (χ0) is 10.4. The highest BCUT2D eigenvalue weighted by atomic mass is 19.3. The SMILES string of the molecule is Cc1ccc(C2(CN)CC2(F)F)cn1. The topological polar surface area (TPSA) is 38.9 Å². The van der Waals surface area contributed by atoms with Crippen molar-refractivity contribution in [3.8, 4) is 0 Å². The second-order valence-corrected chi connectivity index (χ2v) is 3.86. The lowest BCUT2D eigenvalue weighted by Crippen LogP contribution is -2.26. The number of aryl methyl sites for hydroxylation is 1. The van der Waals surface area contributed by atoms with E-state index in [2.05, 4.69) is 4.98 Å². The fourth-order valence-electron chi connectivity index (χ4n) is 1.74. The Bertz CT molecular complexity index is 348. The van der Waals surface area contributed by atoms with E-state index >= 15 is 0 Å². The van der Waals surface area contributed by atoms with Crippen molar-refractivity contribution < 1.29 is 8.78 Å². The van der Waals surface area contributed by atoms with E-state index in [9.17, 15) is 8.78 Å². The van der Waals surface area contributed by atoms with Gasteiger partial charge in [-0.15, -0.1) is 0 Å². The lowest BCUT2D eigenvalue weighted by atomic mass is 9.97. The van der Waals surface area contributed by atoms with Gasteiger partial charge >= 0.3 is 0 Å². The van der Waals surface area contributed by atoms with Gasteiger partial charge in [0.2, 0.25) is 0 Å². The van der Waals surface area contributed by atoms with Crippen LogP contribution in [0.1, 0.15) is 17.7 Å². The third kappa shape index (κ3) is 1.14. The van der Waals surface area contributed by atoms with Crippen LogP contribution in [0.25, 0.3) is 0 Å². The quantitative estimate of drug-likeness (QED) is 0.784. The number of nitrogens with two attached hydrogens (primary N) is 1. The fourth-order valence-corrected chi connectivity index (χ4v) is 1.74. The smallest absolute Gasteiger partial charge is 0.260 e. The van der Waals surface area contributed by atoms with Crippen molar-refractivity contribution in [3.05, 3.63) is 29.6 Å². The van der Waals surface area contributed by atoms with E-state index < -0.39 is 11.3 Å². The number of hydrogen-bond donors (Lipinski definition) is 1. The summed E-state index contributed by atoms with van der Waals surface area (Å²) >= 11 is 0. The summed E-state index contributed by atoms with van der Waals surface area (Å²) in [5, 5.41) is 0. The van der Waals surface area contributed by atoms with E-state index in [1.807, 2.05) is 6.92 Å². The molecule has 14 heavy (non-hydrogen) atoms. The van der Waals surface area contributed by atoms with Gasteiger partial charge in [0, 0.05) is 24.9 Å². The van der Waals surface area contributed by atoms with E-state index in [-0.39, 0.29) is 13.0 Å². The van der Waals surface area contributed by atoms with Crippen LogP contribution in [0.15, 0.2) is 18.3 Å². The Morgan fingerprint density at radius 3 is 2.50 bits per heavy atom. The molecule has 1 fully saturated rings. The van der Waals surface area contributed by atoms with E-state index in [0.29, 0.717) is 5.56 Å². The molecule has 2 nitrogen and oxygen atoms in total. The van der Waals surface area contributed by atoms with Gasteiger partial charge in [0.15, 0.2) is 0 Å². The molecule has 0 aromatic carbocycles. The number of halogens is 2. The van der Waals surface area contributed by atoms with Gasteiger partial charge < -0.3 is 5.73 Å². The maximum Gasteiger partial charge on any atom is 0.260 e. The Kier molecular flexibility index (Phi) is 1.86. The van der Waals surface area contributed by atoms with Gasteiger partial charge in [-0.3, -0.25) is 4.98 Å². The van der Waals surface area contributed by atoms with Crippen molar-refractivity contribution in [2.45, 2.75) is 24.7 Å². The first-order valence-corrected chi connectivity index (χ1v) is 4.53. The van der Waals surface area contributed by atoms with Crippen molar-refractivity contribution in [1.29, 1.82) is 0 Å². The summed E-state index contributed by atoms with van der Waals surface area (Å²) < 4.78 is 26.3. The van der Waals surface area contributed by atoms with E-state index in [0.717, 1.165) is 5.69 Å². The fraction of sp³-hybridized carbons (Fsp3) is 0.500. The van der Waals surface area contributed by atoms with Crippen LogP contribution >= 0.6 is 0 Å². The minimum Gasteiger partial charge on any atom is -0.329 e. The third-order valence-corrected chi connectivity index (χ3v) is 2.91. The Balaban J connectivity index is 2.36. The molecule has 1 unspecified atom stereocenters. The van der Waals surface area contributed by atoms with Crippen LogP contribution in [0.4, 0.5) is 8.78 Å². The highest BCUT2D eigenvalue weighted by Gasteiger charge is 2.71. The van der Waals surface area contributed by atoms with Crippen molar-refractivity contribution in [2.24, 2.45) is 5.73 Å². The number of nitrogens with zero attached hydrogens (tertiary/aromatic N) is 1. The minimum atomic E-state index is -2.65. The van der Waals surface area contributed by atoms with Crippen LogP contribution in [0.2, 0.25) is 0 Å². The lowest BCUT2D eigenvalue weighted by Gasteiger charge is -2.13. The molecule has 1 aromatic heterocycles. The Morgan fingerprint density at radius 2 is 2.14 bits per heavy atom. The summed E-state index contributed by atoms with van der Waals surface area (Å²) in [7, 11) is 0. The predicted molar refractivity (Wildman–Crippen MR) is 49.3 cm³/mol. The number of rotatable bonds is 2. The molecule has 1 aromatic rings. The molecule has 0 amide bonds. The molecular formula is C10H12F2N2. The van der Waals surface area contributed by atoms with Gasteiger partial charge in [-0.05, 0) is 18.6 Å². The Morgan fingerprint density at radius 1 is 1.50 bits per heavy atom. The first-order valence-electron chi connectivity index (χ1n) is 4.53. The van der Waals surface area contributed by atoms with Gasteiger partial charge in [-0.2, -0.15) is 0 Å². The Hall–Kier alpha value is -1.03. The lowest BCUT2D eigenvalue weighted by molar-refractivity contribution is 0.0895. The molecule has 1 atom stereocenters. The molecule has 76 valence electrons. The van der Waals surface area contributed by atoms with Gasteiger partial charge in [0.25, 0.3) is 5.92 Å². The first kappa shape index (κ1) is 9.52. The second-order valence-electron chi connectivity index (χ2n) is 3.86. The molecule has 1 aliphatic carbocycles. The Labute approximate surface area is 81.1 Å². The molecule has 0 saturated heterocycles. The van der Waals surface area contributed by atoms with Crippen LogP contribution in [0, 0.1) is 6.92 Å². The molecule has 1 heterocycles. The summed E-state index contributed by atoms with van der Waals surface area (Å²) in [5.41, 5.74) is 5.64. The summed E-state index contributed by atoms with van der Waals surface area (Å²) in [6.07, 6.45) is 1.35. The maximum absolute atomic E-state index is 13.1. The van der Waals surface area contributed by atoms with Gasteiger partial charge in [-0.25, -0.2) is 8.78 Å². The first-order chi connectivity index (χ1) is 6.52. The second kappa shape index (κ2) is 2.73. The standard InChI is InChI=1S/C10H12F2N2/c1-7-2-3-8(4-14-7)9(6-13)5-10(9,11)12/h2-4H,5-6,13H2,1H3. The van der Waals surface area contributed by atoms with Crippen LogP contribution < -0.4 is 5.73 Å². The van der Waals surface area contributed by atoms with E-state index in [1.165, 1.54) is 6.20 Å². The zero-order valence-electron chi connectivity index (χ0n) is 7.93. The number of alkyl halides is 2. The third-order valence-electron chi connectivity index (χ3n) is 2.91. The monoisotopic (exact) mass is 198 g/mol. The summed E-state index contributed by atoms with van der Waals surface area (Å²) in [5.74, 6) is -2.65. The van der Waals surface area contributed by atoms with Crippen LogP contribution in [-0.4, -0.2) is 17.5 Å².